The molecule has 1 aromatic heterocycles. The first-order valence-electron chi connectivity index (χ1n) is 6.79. The van der Waals surface area contributed by atoms with E-state index in [-0.39, 0.29) is 0 Å². The second-order valence-electron chi connectivity index (χ2n) is 4.92. The number of carbonyl (C=O) groups is 1. The number of aryl methyl sites for hydroxylation is 1. The predicted octanol–water partition coefficient (Wildman–Crippen LogP) is 3.93. The van der Waals surface area contributed by atoms with Crippen molar-refractivity contribution in [1.29, 1.82) is 0 Å². The van der Waals surface area contributed by atoms with Crippen molar-refractivity contribution in [3.05, 3.63) is 71.4 Å². The molecule has 2 aromatic carbocycles. The minimum absolute atomic E-state index is 0.407. The summed E-state index contributed by atoms with van der Waals surface area (Å²) < 4.78 is 5.74. The Balaban J connectivity index is 1.76. The lowest BCUT2D eigenvalue weighted by molar-refractivity contribution is 0.112. The van der Waals surface area contributed by atoms with E-state index in [0.717, 1.165) is 34.2 Å². The van der Waals surface area contributed by atoms with Gasteiger partial charge in [0, 0.05) is 10.9 Å². The minimum Gasteiger partial charge on any atom is -0.487 e. The molecule has 0 radical (unpaired) electrons. The second-order valence-corrected chi connectivity index (χ2v) is 4.92. The summed E-state index contributed by atoms with van der Waals surface area (Å²) in [6.45, 7) is 2.30. The zero-order chi connectivity index (χ0) is 14.7. The molecule has 104 valence electrons. The van der Waals surface area contributed by atoms with Crippen molar-refractivity contribution in [1.82, 2.24) is 4.98 Å². The first kappa shape index (κ1) is 13.3. The molecule has 0 fully saturated rings. The number of benzene rings is 2. The molecule has 0 saturated heterocycles. The van der Waals surface area contributed by atoms with E-state index >= 15 is 0 Å². The molecule has 0 spiro atoms. The highest BCUT2D eigenvalue weighted by Crippen LogP contribution is 2.18. The fraction of sp³-hybridized carbons (Fsp3) is 0.111. The Morgan fingerprint density at radius 1 is 1.10 bits per heavy atom. The normalized spacial score (nSPS) is 10.5. The number of nitrogens with zero attached hydrogens (tertiary/aromatic N) is 1. The standard InChI is InChI=1S/C18H15NO2/c1-13-10-17(9-7-15(13)11-20)21-12-16-8-6-14-4-2-3-5-18(14)19-16/h2-11H,12H2,1H3. The summed E-state index contributed by atoms with van der Waals surface area (Å²) in [5.74, 6) is 0.744. The van der Waals surface area contributed by atoms with Gasteiger partial charge in [0.1, 0.15) is 18.6 Å². The third kappa shape index (κ3) is 2.92. The summed E-state index contributed by atoms with van der Waals surface area (Å²) in [6, 6.07) is 17.4. The van der Waals surface area contributed by atoms with Gasteiger partial charge in [0.25, 0.3) is 0 Å². The van der Waals surface area contributed by atoms with Gasteiger partial charge in [0.2, 0.25) is 0 Å². The van der Waals surface area contributed by atoms with Gasteiger partial charge in [-0.15, -0.1) is 0 Å². The number of hydrogen-bond acceptors (Lipinski definition) is 3. The molecule has 0 aliphatic rings. The highest BCUT2D eigenvalue weighted by molar-refractivity contribution is 5.78. The Bertz CT molecular complexity index is 796. The van der Waals surface area contributed by atoms with Crippen molar-refractivity contribution >= 4 is 17.2 Å². The molecule has 0 saturated carbocycles. The first-order chi connectivity index (χ1) is 10.3. The van der Waals surface area contributed by atoms with Gasteiger partial charge in [0.15, 0.2) is 0 Å². The highest BCUT2D eigenvalue weighted by Gasteiger charge is 2.02. The van der Waals surface area contributed by atoms with E-state index in [1.807, 2.05) is 49.4 Å². The van der Waals surface area contributed by atoms with Gasteiger partial charge >= 0.3 is 0 Å². The number of hydrogen-bond donors (Lipinski definition) is 0. The average Bonchev–Trinajstić information content (AvgIpc) is 2.53. The summed E-state index contributed by atoms with van der Waals surface area (Å²) in [5, 5.41) is 1.12. The predicted molar refractivity (Wildman–Crippen MR) is 82.6 cm³/mol. The third-order valence-corrected chi connectivity index (χ3v) is 3.41. The molecule has 3 nitrogen and oxygen atoms in total. The molecule has 0 aliphatic heterocycles. The van der Waals surface area contributed by atoms with E-state index in [0.29, 0.717) is 12.2 Å². The van der Waals surface area contributed by atoms with Crippen LogP contribution in [0.3, 0.4) is 0 Å². The quantitative estimate of drug-likeness (QED) is 0.678. The van der Waals surface area contributed by atoms with E-state index < -0.39 is 0 Å². The average molecular weight is 277 g/mol. The lowest BCUT2D eigenvalue weighted by atomic mass is 10.1. The van der Waals surface area contributed by atoms with Crippen LogP contribution in [0.25, 0.3) is 10.9 Å². The van der Waals surface area contributed by atoms with Crippen LogP contribution in [0.5, 0.6) is 5.75 Å². The van der Waals surface area contributed by atoms with Crippen LogP contribution >= 0.6 is 0 Å². The van der Waals surface area contributed by atoms with Crippen LogP contribution < -0.4 is 4.74 Å². The van der Waals surface area contributed by atoms with Crippen LogP contribution in [0.15, 0.2) is 54.6 Å². The Kier molecular flexibility index (Phi) is 3.65. The van der Waals surface area contributed by atoms with E-state index in [1.165, 1.54) is 0 Å². The van der Waals surface area contributed by atoms with Crippen LogP contribution in [-0.2, 0) is 6.61 Å². The molecule has 3 aromatic rings. The van der Waals surface area contributed by atoms with Crippen molar-refractivity contribution in [2.45, 2.75) is 13.5 Å². The maximum atomic E-state index is 10.8. The highest BCUT2D eigenvalue weighted by atomic mass is 16.5. The van der Waals surface area contributed by atoms with Gasteiger partial charge in [-0.3, -0.25) is 4.79 Å². The summed E-state index contributed by atoms with van der Waals surface area (Å²) >= 11 is 0. The lowest BCUT2D eigenvalue weighted by Crippen LogP contribution is -1.99. The molecule has 0 aliphatic carbocycles. The Morgan fingerprint density at radius 3 is 2.76 bits per heavy atom. The largest absolute Gasteiger partial charge is 0.487 e. The fourth-order valence-corrected chi connectivity index (χ4v) is 2.22. The Labute approximate surface area is 123 Å². The molecule has 0 atom stereocenters. The fourth-order valence-electron chi connectivity index (χ4n) is 2.22. The van der Waals surface area contributed by atoms with Gasteiger partial charge < -0.3 is 4.74 Å². The number of fused-ring (bicyclic) bond motifs is 1. The van der Waals surface area contributed by atoms with Crippen molar-refractivity contribution < 1.29 is 9.53 Å². The maximum Gasteiger partial charge on any atom is 0.150 e. The second kappa shape index (κ2) is 5.75. The Hall–Kier alpha value is -2.68. The van der Waals surface area contributed by atoms with Crippen molar-refractivity contribution in [3.63, 3.8) is 0 Å². The van der Waals surface area contributed by atoms with Gasteiger partial charge in [-0.1, -0.05) is 24.3 Å². The maximum absolute atomic E-state index is 10.8. The number of para-hydroxylation sites is 1. The van der Waals surface area contributed by atoms with E-state index in [4.69, 9.17) is 4.74 Å². The summed E-state index contributed by atoms with van der Waals surface area (Å²) in [7, 11) is 0. The minimum atomic E-state index is 0.407. The molecule has 0 bridgehead atoms. The number of carbonyl (C=O) groups excluding carboxylic acids is 1. The lowest BCUT2D eigenvalue weighted by Gasteiger charge is -2.08. The number of ether oxygens (including phenoxy) is 1. The molecule has 3 rings (SSSR count). The van der Waals surface area contributed by atoms with Crippen molar-refractivity contribution in [3.8, 4) is 5.75 Å². The SMILES string of the molecule is Cc1cc(OCc2ccc3ccccc3n2)ccc1C=O. The number of rotatable bonds is 4. The molecule has 0 unspecified atom stereocenters. The monoisotopic (exact) mass is 277 g/mol. The summed E-state index contributed by atoms with van der Waals surface area (Å²) in [4.78, 5) is 15.4. The van der Waals surface area contributed by atoms with Crippen molar-refractivity contribution in [2.24, 2.45) is 0 Å². The van der Waals surface area contributed by atoms with Crippen LogP contribution in [-0.4, -0.2) is 11.3 Å². The topological polar surface area (TPSA) is 39.2 Å². The van der Waals surface area contributed by atoms with E-state index in [2.05, 4.69) is 4.98 Å². The van der Waals surface area contributed by atoms with Gasteiger partial charge in [-0.25, -0.2) is 4.98 Å². The molecule has 3 heteroatoms. The third-order valence-electron chi connectivity index (χ3n) is 3.41. The molecule has 21 heavy (non-hydrogen) atoms. The van der Waals surface area contributed by atoms with Crippen LogP contribution in [0.4, 0.5) is 0 Å². The number of aromatic nitrogens is 1. The van der Waals surface area contributed by atoms with Crippen LogP contribution in [0.1, 0.15) is 21.6 Å². The zero-order valence-electron chi connectivity index (χ0n) is 11.7. The van der Waals surface area contributed by atoms with Crippen LogP contribution in [0, 0.1) is 6.92 Å². The number of pyridine rings is 1. The smallest absolute Gasteiger partial charge is 0.150 e. The van der Waals surface area contributed by atoms with Crippen LogP contribution in [0.2, 0.25) is 0 Å². The molecule has 0 amide bonds. The zero-order valence-corrected chi connectivity index (χ0v) is 11.7. The molecule has 0 N–H and O–H groups in total. The Morgan fingerprint density at radius 2 is 1.95 bits per heavy atom. The molecule has 1 heterocycles. The van der Waals surface area contributed by atoms with Gasteiger partial charge in [-0.2, -0.15) is 0 Å². The molecular formula is C18H15NO2. The summed E-state index contributed by atoms with van der Waals surface area (Å²) in [5.41, 5.74) is 3.44. The van der Waals surface area contributed by atoms with E-state index in [9.17, 15) is 4.79 Å². The first-order valence-corrected chi connectivity index (χ1v) is 6.79. The van der Waals surface area contributed by atoms with Gasteiger partial charge in [-0.05, 0) is 42.8 Å². The summed E-state index contributed by atoms with van der Waals surface area (Å²) in [6.07, 6.45) is 0.851. The van der Waals surface area contributed by atoms with E-state index in [1.54, 1.807) is 12.1 Å². The van der Waals surface area contributed by atoms with Crippen molar-refractivity contribution in [2.75, 3.05) is 0 Å². The number of aldehydes is 1. The van der Waals surface area contributed by atoms with Gasteiger partial charge in [0.05, 0.1) is 11.2 Å². The molecular weight excluding hydrogens is 262 g/mol.